The molecule has 0 saturated carbocycles. The van der Waals surface area contributed by atoms with Crippen molar-refractivity contribution < 1.29 is 4.52 Å². The van der Waals surface area contributed by atoms with Gasteiger partial charge in [-0.1, -0.05) is 47.1 Å². The summed E-state index contributed by atoms with van der Waals surface area (Å²) in [6.45, 7) is 1.83. The molecule has 0 atom stereocenters. The van der Waals surface area contributed by atoms with Gasteiger partial charge in [-0.2, -0.15) is 0 Å². The lowest BCUT2D eigenvalue weighted by Crippen LogP contribution is -1.85. The van der Waals surface area contributed by atoms with Gasteiger partial charge in [-0.05, 0) is 12.5 Å². The van der Waals surface area contributed by atoms with Crippen molar-refractivity contribution >= 4 is 11.6 Å². The van der Waals surface area contributed by atoms with Crippen LogP contribution in [0.1, 0.15) is 17.0 Å². The lowest BCUT2D eigenvalue weighted by Gasteiger charge is -1.96. The second kappa shape index (κ2) is 3.84. The highest BCUT2D eigenvalue weighted by atomic mass is 35.5. The van der Waals surface area contributed by atoms with E-state index < -0.39 is 0 Å². The Morgan fingerprint density at radius 3 is 2.57 bits per heavy atom. The number of nitrogens with zero attached hydrogens (tertiary/aromatic N) is 1. The van der Waals surface area contributed by atoms with Gasteiger partial charge in [0, 0.05) is 6.42 Å². The maximum atomic E-state index is 6.00. The first-order chi connectivity index (χ1) is 6.77. The van der Waals surface area contributed by atoms with Gasteiger partial charge in [0.05, 0.1) is 5.69 Å². The highest BCUT2D eigenvalue weighted by Crippen LogP contribution is 2.22. The van der Waals surface area contributed by atoms with Crippen LogP contribution in [0.3, 0.4) is 0 Å². The molecular weight excluding hydrogens is 198 g/mol. The Morgan fingerprint density at radius 1 is 1.29 bits per heavy atom. The molecule has 1 aromatic carbocycles. The SMILES string of the molecule is Cc1noc(Cc2ccccc2)c1Cl. The van der Waals surface area contributed by atoms with Crippen molar-refractivity contribution in [2.75, 3.05) is 0 Å². The molecule has 72 valence electrons. The Kier molecular flexibility index (Phi) is 2.55. The Bertz CT molecular complexity index is 422. The Labute approximate surface area is 87.5 Å². The average Bonchev–Trinajstić information content (AvgIpc) is 2.52. The lowest BCUT2D eigenvalue weighted by atomic mass is 10.1. The Hall–Kier alpha value is -1.28. The highest BCUT2D eigenvalue weighted by Gasteiger charge is 2.10. The molecule has 0 N–H and O–H groups in total. The van der Waals surface area contributed by atoms with Crippen molar-refractivity contribution in [3.8, 4) is 0 Å². The zero-order chi connectivity index (χ0) is 9.97. The minimum Gasteiger partial charge on any atom is -0.359 e. The van der Waals surface area contributed by atoms with Crippen LogP contribution in [0.5, 0.6) is 0 Å². The third-order valence-corrected chi connectivity index (χ3v) is 2.55. The lowest BCUT2D eigenvalue weighted by molar-refractivity contribution is 0.385. The molecule has 0 amide bonds. The van der Waals surface area contributed by atoms with Gasteiger partial charge >= 0.3 is 0 Å². The van der Waals surface area contributed by atoms with Crippen LogP contribution in [0.2, 0.25) is 5.02 Å². The van der Waals surface area contributed by atoms with Crippen LogP contribution >= 0.6 is 11.6 Å². The smallest absolute Gasteiger partial charge is 0.159 e. The molecule has 2 nitrogen and oxygen atoms in total. The molecule has 3 heteroatoms. The third-order valence-electron chi connectivity index (χ3n) is 2.06. The van der Waals surface area contributed by atoms with Crippen LogP contribution in [-0.4, -0.2) is 5.16 Å². The van der Waals surface area contributed by atoms with Crippen molar-refractivity contribution in [1.82, 2.24) is 5.16 Å². The standard InChI is InChI=1S/C11H10ClNO/c1-8-11(12)10(14-13-8)7-9-5-3-2-4-6-9/h2-6H,7H2,1H3. The molecule has 0 aliphatic rings. The average molecular weight is 208 g/mol. The second-order valence-corrected chi connectivity index (χ2v) is 3.55. The zero-order valence-electron chi connectivity index (χ0n) is 7.83. The van der Waals surface area contributed by atoms with Gasteiger partial charge in [0.25, 0.3) is 0 Å². The fourth-order valence-electron chi connectivity index (χ4n) is 1.30. The maximum Gasteiger partial charge on any atom is 0.159 e. The van der Waals surface area contributed by atoms with Crippen molar-refractivity contribution in [2.24, 2.45) is 0 Å². The molecule has 0 bridgehead atoms. The van der Waals surface area contributed by atoms with Crippen molar-refractivity contribution in [2.45, 2.75) is 13.3 Å². The third kappa shape index (κ3) is 1.80. The fourth-order valence-corrected chi connectivity index (χ4v) is 1.43. The molecule has 0 spiro atoms. The first kappa shape index (κ1) is 9.28. The second-order valence-electron chi connectivity index (χ2n) is 3.17. The van der Waals surface area contributed by atoms with Crippen molar-refractivity contribution in [3.05, 3.63) is 52.4 Å². The number of rotatable bonds is 2. The molecule has 0 fully saturated rings. The summed E-state index contributed by atoms with van der Waals surface area (Å²) in [7, 11) is 0. The number of hydrogen-bond donors (Lipinski definition) is 0. The van der Waals surface area contributed by atoms with E-state index in [2.05, 4.69) is 5.16 Å². The summed E-state index contributed by atoms with van der Waals surface area (Å²) in [6.07, 6.45) is 0.695. The van der Waals surface area contributed by atoms with E-state index in [1.807, 2.05) is 37.3 Å². The van der Waals surface area contributed by atoms with E-state index in [1.165, 1.54) is 5.56 Å². The number of aromatic nitrogens is 1. The van der Waals surface area contributed by atoms with Gasteiger partial charge in [-0.15, -0.1) is 0 Å². The summed E-state index contributed by atoms with van der Waals surface area (Å²) in [5, 5.41) is 4.44. The van der Waals surface area contributed by atoms with E-state index in [0.29, 0.717) is 11.4 Å². The number of aryl methyl sites for hydroxylation is 1. The van der Waals surface area contributed by atoms with E-state index in [0.717, 1.165) is 11.5 Å². The van der Waals surface area contributed by atoms with E-state index in [4.69, 9.17) is 16.1 Å². The van der Waals surface area contributed by atoms with E-state index in [9.17, 15) is 0 Å². The summed E-state index contributed by atoms with van der Waals surface area (Å²) in [6, 6.07) is 10.0. The van der Waals surface area contributed by atoms with E-state index in [-0.39, 0.29) is 0 Å². The van der Waals surface area contributed by atoms with Gasteiger partial charge in [-0.25, -0.2) is 0 Å². The summed E-state index contributed by atoms with van der Waals surface area (Å²) in [5.41, 5.74) is 1.92. The Morgan fingerprint density at radius 2 is 2.00 bits per heavy atom. The minimum absolute atomic E-state index is 0.633. The fraction of sp³-hybridized carbons (Fsp3) is 0.182. The molecule has 2 rings (SSSR count). The van der Waals surface area contributed by atoms with Crippen LogP contribution in [0.15, 0.2) is 34.9 Å². The number of hydrogen-bond acceptors (Lipinski definition) is 2. The van der Waals surface area contributed by atoms with E-state index in [1.54, 1.807) is 0 Å². The van der Waals surface area contributed by atoms with Gasteiger partial charge in [0.2, 0.25) is 0 Å². The topological polar surface area (TPSA) is 26.0 Å². The van der Waals surface area contributed by atoms with Gasteiger partial charge < -0.3 is 4.52 Å². The largest absolute Gasteiger partial charge is 0.359 e. The van der Waals surface area contributed by atoms with Crippen molar-refractivity contribution in [3.63, 3.8) is 0 Å². The van der Waals surface area contributed by atoms with Crippen LogP contribution in [0.25, 0.3) is 0 Å². The normalized spacial score (nSPS) is 10.4. The molecule has 0 radical (unpaired) electrons. The van der Waals surface area contributed by atoms with Crippen LogP contribution in [0, 0.1) is 6.92 Å². The predicted molar refractivity (Wildman–Crippen MR) is 55.5 cm³/mol. The predicted octanol–water partition coefficient (Wildman–Crippen LogP) is 3.23. The van der Waals surface area contributed by atoms with Gasteiger partial charge in [0.1, 0.15) is 5.02 Å². The highest BCUT2D eigenvalue weighted by molar-refractivity contribution is 6.31. The molecule has 0 aliphatic carbocycles. The molecule has 0 aliphatic heterocycles. The zero-order valence-corrected chi connectivity index (χ0v) is 8.58. The van der Waals surface area contributed by atoms with E-state index >= 15 is 0 Å². The summed E-state index contributed by atoms with van der Waals surface area (Å²) >= 11 is 6.00. The maximum absolute atomic E-state index is 6.00. The van der Waals surface area contributed by atoms with Crippen molar-refractivity contribution in [1.29, 1.82) is 0 Å². The molecule has 0 unspecified atom stereocenters. The molecule has 0 saturated heterocycles. The molecular formula is C11H10ClNO. The first-order valence-electron chi connectivity index (χ1n) is 4.42. The molecule has 1 aromatic heterocycles. The van der Waals surface area contributed by atoms with Crippen LogP contribution in [-0.2, 0) is 6.42 Å². The van der Waals surface area contributed by atoms with Gasteiger partial charge in [-0.3, -0.25) is 0 Å². The first-order valence-corrected chi connectivity index (χ1v) is 4.80. The Balaban J connectivity index is 2.23. The molecule has 2 aromatic rings. The summed E-state index contributed by atoms with van der Waals surface area (Å²) in [5.74, 6) is 0.732. The van der Waals surface area contributed by atoms with Gasteiger partial charge in [0.15, 0.2) is 5.76 Å². The van der Waals surface area contributed by atoms with Crippen LogP contribution in [0.4, 0.5) is 0 Å². The monoisotopic (exact) mass is 207 g/mol. The quantitative estimate of drug-likeness (QED) is 0.756. The summed E-state index contributed by atoms with van der Waals surface area (Å²) < 4.78 is 5.12. The molecule has 1 heterocycles. The molecule has 14 heavy (non-hydrogen) atoms. The minimum atomic E-state index is 0.633. The number of halogens is 1. The summed E-state index contributed by atoms with van der Waals surface area (Å²) in [4.78, 5) is 0. The van der Waals surface area contributed by atoms with Crippen LogP contribution < -0.4 is 0 Å². The number of benzene rings is 1.